The van der Waals surface area contributed by atoms with Crippen molar-refractivity contribution in [3.05, 3.63) is 29.8 Å². The summed E-state index contributed by atoms with van der Waals surface area (Å²) < 4.78 is 0. The van der Waals surface area contributed by atoms with Crippen LogP contribution < -0.4 is 16.4 Å². The number of hydrogen-bond acceptors (Lipinski definition) is 5. The summed E-state index contributed by atoms with van der Waals surface area (Å²) in [4.78, 5) is 25.8. The first-order valence-corrected chi connectivity index (χ1v) is 10.5. The third-order valence-electron chi connectivity index (χ3n) is 4.98. The minimum Gasteiger partial charge on any atom is -0.369 e. The van der Waals surface area contributed by atoms with E-state index in [0.717, 1.165) is 56.2 Å². The van der Waals surface area contributed by atoms with Gasteiger partial charge in [-0.15, -0.1) is 0 Å². The van der Waals surface area contributed by atoms with E-state index in [9.17, 15) is 9.59 Å². The lowest BCUT2D eigenvalue weighted by atomic mass is 9.97. The van der Waals surface area contributed by atoms with E-state index in [1.54, 1.807) is 0 Å². The normalized spacial score (nSPS) is 24.2. The number of anilines is 1. The van der Waals surface area contributed by atoms with Crippen molar-refractivity contribution in [3.63, 3.8) is 0 Å². The summed E-state index contributed by atoms with van der Waals surface area (Å²) >= 11 is 1.90. The highest BCUT2D eigenvalue weighted by atomic mass is 32.2. The predicted molar refractivity (Wildman–Crippen MR) is 106 cm³/mol. The van der Waals surface area contributed by atoms with Gasteiger partial charge in [-0.1, -0.05) is 12.1 Å². The van der Waals surface area contributed by atoms with E-state index in [2.05, 4.69) is 15.5 Å². The van der Waals surface area contributed by atoms with Crippen molar-refractivity contribution in [2.75, 3.05) is 36.5 Å². The summed E-state index contributed by atoms with van der Waals surface area (Å²) in [5.41, 5.74) is 7.45. The Balaban J connectivity index is 1.47. The Kier molecular flexibility index (Phi) is 6.93. The van der Waals surface area contributed by atoms with Crippen molar-refractivity contribution < 1.29 is 9.59 Å². The molecule has 6 nitrogen and oxygen atoms in total. The number of nitrogens with zero attached hydrogens (tertiary/aromatic N) is 1. The van der Waals surface area contributed by atoms with Crippen LogP contribution in [0.25, 0.3) is 0 Å². The van der Waals surface area contributed by atoms with E-state index in [1.165, 1.54) is 5.56 Å². The molecule has 2 saturated heterocycles. The van der Waals surface area contributed by atoms with Crippen LogP contribution in [-0.4, -0.2) is 53.9 Å². The smallest absolute Gasteiger partial charge is 0.225 e. The van der Waals surface area contributed by atoms with E-state index >= 15 is 0 Å². The van der Waals surface area contributed by atoms with Crippen LogP contribution in [-0.2, 0) is 16.1 Å². The first-order valence-electron chi connectivity index (χ1n) is 9.32. The van der Waals surface area contributed by atoms with E-state index in [4.69, 9.17) is 5.73 Å². The second-order valence-electron chi connectivity index (χ2n) is 7.15. The number of benzene rings is 1. The highest BCUT2D eigenvalue weighted by Crippen LogP contribution is 2.19. The van der Waals surface area contributed by atoms with Crippen molar-refractivity contribution in [2.24, 2.45) is 11.7 Å². The maximum absolute atomic E-state index is 12.2. The monoisotopic (exact) mass is 376 g/mol. The number of piperidine rings is 1. The van der Waals surface area contributed by atoms with E-state index in [1.807, 2.05) is 36.0 Å². The van der Waals surface area contributed by atoms with Crippen LogP contribution >= 0.6 is 11.8 Å². The highest BCUT2D eigenvalue weighted by Gasteiger charge is 2.23. The van der Waals surface area contributed by atoms with Gasteiger partial charge in [-0.05, 0) is 37.1 Å². The van der Waals surface area contributed by atoms with Gasteiger partial charge in [0.2, 0.25) is 11.8 Å². The van der Waals surface area contributed by atoms with Crippen LogP contribution in [0.3, 0.4) is 0 Å². The largest absolute Gasteiger partial charge is 0.369 e. The van der Waals surface area contributed by atoms with Gasteiger partial charge in [-0.25, -0.2) is 0 Å². The highest BCUT2D eigenvalue weighted by molar-refractivity contribution is 7.99. The standard InChI is InChI=1S/C19H28N4O2S/c20-19(25)15-2-1-8-23(12-15)11-14-3-5-16(6-4-14)22-18(24)10-17-13-26-9-7-21-17/h3-6,15,17,21H,1-2,7-13H2,(H2,20,25)(H,22,24). The van der Waals surface area contributed by atoms with Crippen LogP contribution in [0.2, 0.25) is 0 Å². The molecule has 1 aromatic carbocycles. The first kappa shape index (κ1) is 19.2. The minimum atomic E-state index is -0.196. The van der Waals surface area contributed by atoms with Gasteiger partial charge in [0.1, 0.15) is 0 Å². The zero-order valence-electron chi connectivity index (χ0n) is 15.1. The summed E-state index contributed by atoms with van der Waals surface area (Å²) in [6.45, 7) is 3.51. The number of likely N-dealkylation sites (tertiary alicyclic amines) is 1. The number of primary amides is 1. The summed E-state index contributed by atoms with van der Waals surface area (Å²) in [6.07, 6.45) is 2.41. The predicted octanol–water partition coefficient (Wildman–Crippen LogP) is 1.42. The number of amides is 2. The molecule has 2 fully saturated rings. The summed E-state index contributed by atoms with van der Waals surface area (Å²) in [5, 5.41) is 6.36. The molecule has 0 aromatic heterocycles. The van der Waals surface area contributed by atoms with E-state index < -0.39 is 0 Å². The fourth-order valence-corrected chi connectivity index (χ4v) is 4.52. The van der Waals surface area contributed by atoms with Gasteiger partial charge in [0.05, 0.1) is 5.92 Å². The Bertz CT molecular complexity index is 616. The third-order valence-corrected chi connectivity index (χ3v) is 6.11. The minimum absolute atomic E-state index is 0.0335. The molecule has 2 atom stereocenters. The van der Waals surface area contributed by atoms with Crippen LogP contribution in [0.1, 0.15) is 24.8 Å². The van der Waals surface area contributed by atoms with Gasteiger partial charge in [-0.2, -0.15) is 11.8 Å². The molecule has 4 N–H and O–H groups in total. The van der Waals surface area contributed by atoms with E-state index in [-0.39, 0.29) is 23.8 Å². The number of carbonyl (C=O) groups is 2. The molecule has 2 unspecified atom stereocenters. The van der Waals surface area contributed by atoms with Gasteiger partial charge in [0, 0.05) is 49.3 Å². The maximum Gasteiger partial charge on any atom is 0.225 e. The molecule has 2 heterocycles. The van der Waals surface area contributed by atoms with Crippen LogP contribution in [0.4, 0.5) is 5.69 Å². The molecule has 26 heavy (non-hydrogen) atoms. The lowest BCUT2D eigenvalue weighted by Gasteiger charge is -2.31. The zero-order chi connectivity index (χ0) is 18.4. The molecule has 1 aromatic rings. The fraction of sp³-hybridized carbons (Fsp3) is 0.579. The van der Waals surface area contributed by atoms with Crippen molar-refractivity contribution in [2.45, 2.75) is 31.8 Å². The zero-order valence-corrected chi connectivity index (χ0v) is 15.9. The fourth-order valence-electron chi connectivity index (χ4n) is 3.57. The molecule has 7 heteroatoms. The Morgan fingerprint density at radius 1 is 1.31 bits per heavy atom. The quantitative estimate of drug-likeness (QED) is 0.699. The molecule has 0 radical (unpaired) electrons. The average Bonchev–Trinajstić information content (AvgIpc) is 2.64. The molecule has 0 aliphatic carbocycles. The second kappa shape index (κ2) is 9.39. The third kappa shape index (κ3) is 5.72. The molecule has 3 rings (SSSR count). The molecule has 0 spiro atoms. The van der Waals surface area contributed by atoms with Gasteiger partial charge < -0.3 is 16.4 Å². The van der Waals surface area contributed by atoms with Crippen molar-refractivity contribution >= 4 is 29.3 Å². The van der Waals surface area contributed by atoms with Crippen molar-refractivity contribution in [1.82, 2.24) is 10.2 Å². The maximum atomic E-state index is 12.2. The lowest BCUT2D eigenvalue weighted by Crippen LogP contribution is -2.40. The van der Waals surface area contributed by atoms with E-state index in [0.29, 0.717) is 6.42 Å². The Morgan fingerprint density at radius 3 is 2.81 bits per heavy atom. The Morgan fingerprint density at radius 2 is 2.12 bits per heavy atom. The molecule has 2 aliphatic rings. The number of nitrogens with one attached hydrogen (secondary N) is 2. The number of hydrogen-bond donors (Lipinski definition) is 3. The first-order chi connectivity index (χ1) is 12.6. The molecule has 2 amide bonds. The van der Waals surface area contributed by atoms with Crippen LogP contribution in [0.15, 0.2) is 24.3 Å². The summed E-state index contributed by atoms with van der Waals surface area (Å²) in [7, 11) is 0. The van der Waals surface area contributed by atoms with Gasteiger partial charge in [0.25, 0.3) is 0 Å². The summed E-state index contributed by atoms with van der Waals surface area (Å²) in [6, 6.07) is 8.25. The molecule has 142 valence electrons. The van der Waals surface area contributed by atoms with Crippen LogP contribution in [0.5, 0.6) is 0 Å². The summed E-state index contributed by atoms with van der Waals surface area (Å²) in [5.74, 6) is 1.94. The van der Waals surface area contributed by atoms with Crippen LogP contribution in [0, 0.1) is 5.92 Å². The molecule has 0 saturated carbocycles. The number of nitrogens with two attached hydrogens (primary N) is 1. The number of rotatable bonds is 6. The number of thioether (sulfide) groups is 1. The molecule has 0 bridgehead atoms. The topological polar surface area (TPSA) is 87.5 Å². The molecule has 2 aliphatic heterocycles. The van der Waals surface area contributed by atoms with Gasteiger partial charge in [0.15, 0.2) is 0 Å². The van der Waals surface area contributed by atoms with Crippen molar-refractivity contribution in [1.29, 1.82) is 0 Å². The SMILES string of the molecule is NC(=O)C1CCCN(Cc2ccc(NC(=O)CC3CSCCN3)cc2)C1. The van der Waals surface area contributed by atoms with Crippen molar-refractivity contribution in [3.8, 4) is 0 Å². The Labute approximate surface area is 159 Å². The second-order valence-corrected chi connectivity index (χ2v) is 8.30. The number of carbonyl (C=O) groups excluding carboxylic acids is 2. The molecular formula is C19H28N4O2S. The molecular weight excluding hydrogens is 348 g/mol. The Hall–Kier alpha value is -1.57. The van der Waals surface area contributed by atoms with Gasteiger partial charge >= 0.3 is 0 Å². The van der Waals surface area contributed by atoms with Gasteiger partial charge in [-0.3, -0.25) is 14.5 Å². The average molecular weight is 377 g/mol. The lowest BCUT2D eigenvalue weighted by molar-refractivity contribution is -0.123.